The summed E-state index contributed by atoms with van der Waals surface area (Å²) < 4.78 is 7.66. The lowest BCUT2D eigenvalue weighted by atomic mass is 9.98. The Balaban J connectivity index is 2.08. The maximum Gasteiger partial charge on any atom is 0.119 e. The summed E-state index contributed by atoms with van der Waals surface area (Å²) in [4.78, 5) is 0. The summed E-state index contributed by atoms with van der Waals surface area (Å²) in [6.45, 7) is 0. The highest BCUT2D eigenvalue weighted by Gasteiger charge is 2.16. The lowest BCUT2D eigenvalue weighted by Gasteiger charge is -2.13. The van der Waals surface area contributed by atoms with E-state index in [1.165, 1.54) is 48.2 Å². The molecule has 0 radical (unpaired) electrons. The number of ether oxygens (including phenoxy) is 1. The van der Waals surface area contributed by atoms with E-state index >= 15 is 0 Å². The summed E-state index contributed by atoms with van der Waals surface area (Å²) >= 11 is 0. The monoisotopic (exact) mass is 241 g/mol. The van der Waals surface area contributed by atoms with Gasteiger partial charge in [0.2, 0.25) is 0 Å². The third-order valence-electron chi connectivity index (χ3n) is 3.92. The molecular formula is C16H19NO. The van der Waals surface area contributed by atoms with Crippen molar-refractivity contribution in [3.8, 4) is 17.0 Å². The highest BCUT2D eigenvalue weighted by atomic mass is 16.5. The van der Waals surface area contributed by atoms with Gasteiger partial charge < -0.3 is 9.30 Å². The van der Waals surface area contributed by atoms with E-state index in [2.05, 4.69) is 35.9 Å². The highest BCUT2D eigenvalue weighted by Crippen LogP contribution is 2.31. The Kier molecular flexibility index (Phi) is 2.86. The number of nitrogens with zero attached hydrogens (tertiary/aromatic N) is 1. The minimum absolute atomic E-state index is 0.923. The van der Waals surface area contributed by atoms with Gasteiger partial charge in [-0.1, -0.05) is 12.1 Å². The molecule has 1 aliphatic rings. The molecule has 3 rings (SSSR count). The van der Waals surface area contributed by atoms with E-state index in [9.17, 15) is 0 Å². The van der Waals surface area contributed by atoms with Gasteiger partial charge in [0.25, 0.3) is 0 Å². The number of methoxy groups -OCH3 is 1. The van der Waals surface area contributed by atoms with Crippen LogP contribution in [0.25, 0.3) is 11.3 Å². The van der Waals surface area contributed by atoms with Crippen LogP contribution < -0.4 is 4.74 Å². The number of rotatable bonds is 2. The van der Waals surface area contributed by atoms with Crippen molar-refractivity contribution < 1.29 is 4.74 Å². The molecule has 0 saturated heterocycles. The van der Waals surface area contributed by atoms with Gasteiger partial charge in [0.1, 0.15) is 5.75 Å². The fraction of sp³-hybridized carbons (Fsp3) is 0.375. The van der Waals surface area contributed by atoms with Gasteiger partial charge in [-0.3, -0.25) is 0 Å². The number of benzene rings is 1. The molecule has 1 aromatic heterocycles. The van der Waals surface area contributed by atoms with E-state index in [1.807, 2.05) is 6.07 Å². The van der Waals surface area contributed by atoms with Crippen molar-refractivity contribution >= 4 is 0 Å². The van der Waals surface area contributed by atoms with Crippen LogP contribution in [0.5, 0.6) is 5.75 Å². The summed E-state index contributed by atoms with van der Waals surface area (Å²) in [5, 5.41) is 0. The normalized spacial score (nSPS) is 14.3. The zero-order valence-corrected chi connectivity index (χ0v) is 11.1. The van der Waals surface area contributed by atoms with Crippen molar-refractivity contribution in [3.05, 3.63) is 41.6 Å². The van der Waals surface area contributed by atoms with E-state index in [4.69, 9.17) is 4.74 Å². The predicted molar refractivity (Wildman–Crippen MR) is 74.0 cm³/mol. The van der Waals surface area contributed by atoms with Crippen LogP contribution in [0.3, 0.4) is 0 Å². The highest BCUT2D eigenvalue weighted by molar-refractivity contribution is 5.64. The first kappa shape index (κ1) is 11.4. The number of hydrogen-bond acceptors (Lipinski definition) is 1. The Morgan fingerprint density at radius 3 is 2.72 bits per heavy atom. The number of aryl methyl sites for hydroxylation is 1. The van der Waals surface area contributed by atoms with Crippen molar-refractivity contribution in [1.82, 2.24) is 4.57 Å². The molecule has 0 aliphatic heterocycles. The summed E-state index contributed by atoms with van der Waals surface area (Å²) in [6.07, 6.45) is 5.10. The molecule has 94 valence electrons. The lowest BCUT2D eigenvalue weighted by Crippen LogP contribution is -2.05. The molecule has 1 aliphatic carbocycles. The smallest absolute Gasteiger partial charge is 0.119 e. The van der Waals surface area contributed by atoms with Crippen LogP contribution in [0, 0.1) is 0 Å². The molecule has 18 heavy (non-hydrogen) atoms. The summed E-state index contributed by atoms with van der Waals surface area (Å²) in [6, 6.07) is 10.7. The number of hydrogen-bond donors (Lipinski definition) is 0. The van der Waals surface area contributed by atoms with Crippen LogP contribution in [-0.2, 0) is 19.9 Å². The van der Waals surface area contributed by atoms with Gasteiger partial charge in [0.05, 0.1) is 7.11 Å². The first-order valence-corrected chi connectivity index (χ1v) is 6.61. The SMILES string of the molecule is COc1cccc(-c2cc3c(n2C)CCCC3)c1. The molecule has 2 nitrogen and oxygen atoms in total. The second kappa shape index (κ2) is 4.52. The zero-order valence-electron chi connectivity index (χ0n) is 11.1. The Morgan fingerprint density at radius 1 is 1.11 bits per heavy atom. The summed E-state index contributed by atoms with van der Waals surface area (Å²) in [5.74, 6) is 0.923. The third kappa shape index (κ3) is 1.82. The summed E-state index contributed by atoms with van der Waals surface area (Å²) in [5.41, 5.74) is 5.59. The summed E-state index contributed by atoms with van der Waals surface area (Å²) in [7, 11) is 3.90. The molecule has 1 heterocycles. The first-order chi connectivity index (χ1) is 8.79. The molecule has 0 unspecified atom stereocenters. The Hall–Kier alpha value is -1.70. The quantitative estimate of drug-likeness (QED) is 0.784. The molecule has 2 aromatic rings. The molecule has 0 fully saturated rings. The Bertz CT molecular complexity index is 568. The largest absolute Gasteiger partial charge is 0.497 e. The van der Waals surface area contributed by atoms with Gasteiger partial charge in [-0.2, -0.15) is 0 Å². The van der Waals surface area contributed by atoms with E-state index < -0.39 is 0 Å². The molecule has 0 amide bonds. The Morgan fingerprint density at radius 2 is 1.94 bits per heavy atom. The molecule has 2 heteroatoms. The van der Waals surface area contributed by atoms with Crippen molar-refractivity contribution in [2.45, 2.75) is 25.7 Å². The minimum atomic E-state index is 0.923. The van der Waals surface area contributed by atoms with E-state index in [0.29, 0.717) is 0 Å². The van der Waals surface area contributed by atoms with Crippen LogP contribution in [-0.4, -0.2) is 11.7 Å². The maximum atomic E-state index is 5.31. The Labute approximate surface area is 108 Å². The topological polar surface area (TPSA) is 14.2 Å². The van der Waals surface area contributed by atoms with Gasteiger partial charge in [-0.05, 0) is 49.4 Å². The van der Waals surface area contributed by atoms with Crippen LogP contribution in [0.15, 0.2) is 30.3 Å². The second-order valence-electron chi connectivity index (χ2n) is 5.00. The van der Waals surface area contributed by atoms with Gasteiger partial charge in [-0.25, -0.2) is 0 Å². The zero-order chi connectivity index (χ0) is 12.5. The molecule has 1 aromatic carbocycles. The fourth-order valence-electron chi connectivity index (χ4n) is 2.92. The van der Waals surface area contributed by atoms with Crippen molar-refractivity contribution in [2.75, 3.05) is 7.11 Å². The van der Waals surface area contributed by atoms with Crippen LogP contribution in [0.1, 0.15) is 24.1 Å². The van der Waals surface area contributed by atoms with Crippen molar-refractivity contribution in [1.29, 1.82) is 0 Å². The van der Waals surface area contributed by atoms with Crippen LogP contribution in [0.4, 0.5) is 0 Å². The molecule has 0 saturated carbocycles. The second-order valence-corrected chi connectivity index (χ2v) is 5.00. The maximum absolute atomic E-state index is 5.31. The molecule has 0 N–H and O–H groups in total. The number of aromatic nitrogens is 1. The van der Waals surface area contributed by atoms with E-state index in [0.717, 1.165) is 5.75 Å². The van der Waals surface area contributed by atoms with E-state index in [1.54, 1.807) is 7.11 Å². The molecule has 0 bridgehead atoms. The number of fused-ring (bicyclic) bond motifs is 1. The molecule has 0 atom stereocenters. The average Bonchev–Trinajstić information content (AvgIpc) is 2.77. The lowest BCUT2D eigenvalue weighted by molar-refractivity contribution is 0.415. The van der Waals surface area contributed by atoms with Gasteiger partial charge in [-0.15, -0.1) is 0 Å². The minimum Gasteiger partial charge on any atom is -0.497 e. The van der Waals surface area contributed by atoms with Gasteiger partial charge in [0.15, 0.2) is 0 Å². The van der Waals surface area contributed by atoms with Gasteiger partial charge in [0, 0.05) is 24.0 Å². The fourth-order valence-corrected chi connectivity index (χ4v) is 2.92. The van der Waals surface area contributed by atoms with Crippen molar-refractivity contribution in [2.24, 2.45) is 7.05 Å². The third-order valence-corrected chi connectivity index (χ3v) is 3.92. The molecule has 0 spiro atoms. The standard InChI is InChI=1S/C16H19NO/c1-17-15-9-4-3-6-13(15)11-16(17)12-7-5-8-14(10-12)18-2/h5,7-8,10-11H,3-4,6,9H2,1-2H3. The van der Waals surface area contributed by atoms with Gasteiger partial charge >= 0.3 is 0 Å². The van der Waals surface area contributed by atoms with E-state index in [-0.39, 0.29) is 0 Å². The van der Waals surface area contributed by atoms with Crippen molar-refractivity contribution in [3.63, 3.8) is 0 Å². The molecular weight excluding hydrogens is 222 g/mol. The predicted octanol–water partition coefficient (Wildman–Crippen LogP) is 3.58. The average molecular weight is 241 g/mol. The van der Waals surface area contributed by atoms with Crippen LogP contribution >= 0.6 is 0 Å². The van der Waals surface area contributed by atoms with Crippen LogP contribution in [0.2, 0.25) is 0 Å². The first-order valence-electron chi connectivity index (χ1n) is 6.61.